The standard InChI is InChI=1S/C17H23F2N3O4/c1-25-16(23)12-10-15(14(19)11-13(12)18)21-17(24)20-4-2-3-5-22-6-8-26-9-7-22/h10-11H,2-9H2,1H3,(H2,20,21,24). The number of benzene rings is 1. The van der Waals surface area contributed by atoms with Gasteiger partial charge >= 0.3 is 12.0 Å². The molecule has 2 rings (SSSR count). The van der Waals surface area contributed by atoms with Gasteiger partial charge in [-0.05, 0) is 25.5 Å². The Balaban J connectivity index is 1.75. The Hall–Kier alpha value is -2.26. The zero-order valence-corrected chi connectivity index (χ0v) is 14.6. The van der Waals surface area contributed by atoms with Gasteiger partial charge in [0.2, 0.25) is 0 Å². The van der Waals surface area contributed by atoms with Crippen LogP contribution in [0.15, 0.2) is 12.1 Å². The lowest BCUT2D eigenvalue weighted by Crippen LogP contribution is -2.37. The number of amides is 2. The summed E-state index contributed by atoms with van der Waals surface area (Å²) >= 11 is 0. The van der Waals surface area contributed by atoms with E-state index in [-0.39, 0.29) is 5.69 Å². The molecule has 0 spiro atoms. The molecule has 0 aliphatic carbocycles. The molecule has 0 bridgehead atoms. The highest BCUT2D eigenvalue weighted by molar-refractivity contribution is 5.94. The maximum absolute atomic E-state index is 13.8. The Morgan fingerprint density at radius 3 is 2.62 bits per heavy atom. The van der Waals surface area contributed by atoms with Crippen molar-refractivity contribution >= 4 is 17.7 Å². The Bertz CT molecular complexity index is 637. The van der Waals surface area contributed by atoms with E-state index in [1.165, 1.54) is 0 Å². The zero-order valence-electron chi connectivity index (χ0n) is 14.6. The Labute approximate surface area is 150 Å². The molecule has 1 aliphatic heterocycles. The van der Waals surface area contributed by atoms with Crippen molar-refractivity contribution in [3.8, 4) is 0 Å². The average Bonchev–Trinajstić information content (AvgIpc) is 2.64. The summed E-state index contributed by atoms with van der Waals surface area (Å²) < 4.78 is 37.0. The molecule has 1 saturated heterocycles. The van der Waals surface area contributed by atoms with Crippen molar-refractivity contribution in [3.05, 3.63) is 29.3 Å². The number of urea groups is 1. The van der Waals surface area contributed by atoms with Gasteiger partial charge in [-0.1, -0.05) is 0 Å². The fourth-order valence-corrected chi connectivity index (χ4v) is 2.56. The van der Waals surface area contributed by atoms with Crippen molar-refractivity contribution in [2.24, 2.45) is 0 Å². The van der Waals surface area contributed by atoms with E-state index in [1.807, 2.05) is 0 Å². The van der Waals surface area contributed by atoms with Crippen molar-refractivity contribution in [1.29, 1.82) is 0 Å². The Morgan fingerprint density at radius 2 is 1.92 bits per heavy atom. The molecular formula is C17H23F2N3O4. The molecule has 0 radical (unpaired) electrons. The van der Waals surface area contributed by atoms with Crippen LogP contribution in [0.4, 0.5) is 19.3 Å². The molecule has 0 unspecified atom stereocenters. The van der Waals surface area contributed by atoms with Crippen LogP contribution >= 0.6 is 0 Å². The monoisotopic (exact) mass is 371 g/mol. The van der Waals surface area contributed by atoms with Gasteiger partial charge in [-0.25, -0.2) is 18.4 Å². The first-order valence-corrected chi connectivity index (χ1v) is 8.43. The van der Waals surface area contributed by atoms with E-state index in [9.17, 15) is 18.4 Å². The van der Waals surface area contributed by atoms with E-state index < -0.39 is 29.2 Å². The van der Waals surface area contributed by atoms with Gasteiger partial charge in [0.1, 0.15) is 11.6 Å². The number of ether oxygens (including phenoxy) is 2. The summed E-state index contributed by atoms with van der Waals surface area (Å²) in [5.41, 5.74) is -0.743. The second-order valence-electron chi connectivity index (χ2n) is 5.85. The summed E-state index contributed by atoms with van der Waals surface area (Å²) in [6.45, 7) is 4.68. The normalized spacial score (nSPS) is 14.7. The summed E-state index contributed by atoms with van der Waals surface area (Å²) in [6.07, 6.45) is 1.68. The van der Waals surface area contributed by atoms with E-state index >= 15 is 0 Å². The summed E-state index contributed by atoms with van der Waals surface area (Å²) in [5.74, 6) is -2.98. The predicted molar refractivity (Wildman–Crippen MR) is 91.2 cm³/mol. The minimum Gasteiger partial charge on any atom is -0.465 e. The SMILES string of the molecule is COC(=O)c1cc(NC(=O)NCCCCN2CCOCC2)c(F)cc1F. The van der Waals surface area contributed by atoms with Crippen LogP contribution in [-0.4, -0.2) is 63.4 Å². The molecule has 0 saturated carbocycles. The van der Waals surface area contributed by atoms with Crippen molar-refractivity contribution in [3.63, 3.8) is 0 Å². The number of nitrogens with one attached hydrogen (secondary N) is 2. The number of rotatable bonds is 7. The number of unbranched alkanes of at least 4 members (excludes halogenated alkanes) is 1. The third-order valence-corrected chi connectivity index (χ3v) is 4.00. The van der Waals surface area contributed by atoms with Gasteiger partial charge in [0.25, 0.3) is 0 Å². The highest BCUT2D eigenvalue weighted by atomic mass is 19.1. The number of anilines is 1. The third-order valence-electron chi connectivity index (χ3n) is 4.00. The van der Waals surface area contributed by atoms with Gasteiger partial charge in [0, 0.05) is 25.7 Å². The van der Waals surface area contributed by atoms with Gasteiger partial charge in [0.05, 0.1) is 31.6 Å². The van der Waals surface area contributed by atoms with Gasteiger partial charge in [-0.3, -0.25) is 4.90 Å². The van der Waals surface area contributed by atoms with Crippen LogP contribution in [0.2, 0.25) is 0 Å². The van der Waals surface area contributed by atoms with E-state index in [0.29, 0.717) is 12.6 Å². The molecule has 1 heterocycles. The number of carbonyl (C=O) groups excluding carboxylic acids is 2. The molecule has 0 atom stereocenters. The third kappa shape index (κ3) is 5.92. The van der Waals surface area contributed by atoms with Crippen LogP contribution in [-0.2, 0) is 9.47 Å². The second-order valence-corrected chi connectivity index (χ2v) is 5.85. The number of hydrogen-bond donors (Lipinski definition) is 2. The molecule has 1 aromatic rings. The molecular weight excluding hydrogens is 348 g/mol. The number of nitrogens with zero attached hydrogens (tertiary/aromatic N) is 1. The van der Waals surface area contributed by atoms with Crippen molar-refractivity contribution in [2.75, 3.05) is 51.8 Å². The van der Waals surface area contributed by atoms with Crippen LogP contribution in [0.25, 0.3) is 0 Å². The van der Waals surface area contributed by atoms with Gasteiger partial charge in [-0.15, -0.1) is 0 Å². The largest absolute Gasteiger partial charge is 0.465 e. The number of morpholine rings is 1. The molecule has 2 N–H and O–H groups in total. The highest BCUT2D eigenvalue weighted by Gasteiger charge is 2.17. The number of methoxy groups -OCH3 is 1. The maximum Gasteiger partial charge on any atom is 0.340 e. The lowest BCUT2D eigenvalue weighted by molar-refractivity contribution is 0.0372. The van der Waals surface area contributed by atoms with Gasteiger partial charge < -0.3 is 20.1 Å². The smallest absolute Gasteiger partial charge is 0.340 e. The second kappa shape index (κ2) is 10.0. The summed E-state index contributed by atoms with van der Waals surface area (Å²) in [7, 11) is 1.09. The lowest BCUT2D eigenvalue weighted by Gasteiger charge is -2.26. The fraction of sp³-hybridized carbons (Fsp3) is 0.529. The van der Waals surface area contributed by atoms with E-state index in [2.05, 4.69) is 20.3 Å². The fourth-order valence-electron chi connectivity index (χ4n) is 2.56. The first kappa shape index (κ1) is 20.1. The molecule has 9 heteroatoms. The van der Waals surface area contributed by atoms with Crippen LogP contribution in [0.3, 0.4) is 0 Å². The van der Waals surface area contributed by atoms with E-state index in [4.69, 9.17) is 4.74 Å². The molecule has 1 aromatic carbocycles. The molecule has 144 valence electrons. The lowest BCUT2D eigenvalue weighted by atomic mass is 10.2. The minimum absolute atomic E-state index is 0.294. The minimum atomic E-state index is -1.05. The number of carbonyl (C=O) groups is 2. The number of hydrogen-bond acceptors (Lipinski definition) is 5. The Morgan fingerprint density at radius 1 is 1.19 bits per heavy atom. The van der Waals surface area contributed by atoms with Crippen LogP contribution in [0, 0.1) is 11.6 Å². The summed E-state index contributed by atoms with van der Waals surface area (Å²) in [5, 5.41) is 4.87. The zero-order chi connectivity index (χ0) is 18.9. The molecule has 0 aromatic heterocycles. The van der Waals surface area contributed by atoms with Gasteiger partial charge in [-0.2, -0.15) is 0 Å². The molecule has 1 fully saturated rings. The van der Waals surface area contributed by atoms with Crippen molar-refractivity contribution in [2.45, 2.75) is 12.8 Å². The Kier molecular flexibility index (Phi) is 7.73. The van der Waals surface area contributed by atoms with Gasteiger partial charge in [0.15, 0.2) is 0 Å². The quantitative estimate of drug-likeness (QED) is 0.566. The summed E-state index contributed by atoms with van der Waals surface area (Å²) in [6, 6.07) is 0.816. The average molecular weight is 371 g/mol. The summed E-state index contributed by atoms with van der Waals surface area (Å²) in [4.78, 5) is 25.6. The van der Waals surface area contributed by atoms with Crippen molar-refractivity contribution < 1.29 is 27.8 Å². The van der Waals surface area contributed by atoms with Crippen LogP contribution < -0.4 is 10.6 Å². The van der Waals surface area contributed by atoms with E-state index in [1.54, 1.807) is 0 Å². The topological polar surface area (TPSA) is 79.9 Å². The molecule has 7 nitrogen and oxygen atoms in total. The first-order chi connectivity index (χ1) is 12.5. The molecule has 26 heavy (non-hydrogen) atoms. The van der Waals surface area contributed by atoms with E-state index in [0.717, 1.165) is 58.9 Å². The number of halogens is 2. The number of esters is 1. The maximum atomic E-state index is 13.8. The molecule has 2 amide bonds. The van der Waals surface area contributed by atoms with Crippen LogP contribution in [0.1, 0.15) is 23.2 Å². The first-order valence-electron chi connectivity index (χ1n) is 8.43. The highest BCUT2D eigenvalue weighted by Crippen LogP contribution is 2.20. The predicted octanol–water partition coefficient (Wildman–Crippen LogP) is 1.99. The molecule has 1 aliphatic rings. The van der Waals surface area contributed by atoms with Crippen LogP contribution in [0.5, 0.6) is 0 Å². The van der Waals surface area contributed by atoms with Crippen molar-refractivity contribution in [1.82, 2.24) is 10.2 Å².